The molecule has 2 nitrogen and oxygen atoms in total. The first kappa shape index (κ1) is 11.5. The summed E-state index contributed by atoms with van der Waals surface area (Å²) in [5.74, 6) is 1.02. The van der Waals surface area contributed by atoms with Crippen molar-refractivity contribution >= 4 is 28.3 Å². The highest BCUT2D eigenvalue weighted by Gasteiger charge is 2.05. The van der Waals surface area contributed by atoms with Crippen LogP contribution in [0.5, 0.6) is 0 Å². The minimum atomic E-state index is 0.367. The molecule has 0 spiro atoms. The number of nitrogens with one attached hydrogen (secondary N) is 1. The zero-order chi connectivity index (χ0) is 11.4. The van der Waals surface area contributed by atoms with Gasteiger partial charge in [0.15, 0.2) is 0 Å². The van der Waals surface area contributed by atoms with Crippen LogP contribution in [0.1, 0.15) is 12.7 Å². The largest absolute Gasteiger partial charge is 0.469 e. The maximum atomic E-state index is 5.32. The molecule has 0 fully saturated rings. The summed E-state index contributed by atoms with van der Waals surface area (Å²) in [5, 5.41) is 3.44. The Balaban J connectivity index is 1.92. The molecular weight excluding hydrogens is 313 g/mol. The number of halogens is 1. The SMILES string of the molecule is CC(Cc1ccco1)Nc1ccc(I)cc1. The van der Waals surface area contributed by atoms with Crippen molar-refractivity contribution in [1.29, 1.82) is 0 Å². The molecule has 0 radical (unpaired) electrons. The van der Waals surface area contributed by atoms with Crippen molar-refractivity contribution in [3.05, 3.63) is 52.0 Å². The molecule has 16 heavy (non-hydrogen) atoms. The van der Waals surface area contributed by atoms with E-state index in [-0.39, 0.29) is 0 Å². The number of anilines is 1. The number of furan rings is 1. The van der Waals surface area contributed by atoms with E-state index < -0.39 is 0 Å². The minimum Gasteiger partial charge on any atom is -0.469 e. The van der Waals surface area contributed by atoms with Gasteiger partial charge in [-0.2, -0.15) is 0 Å². The first-order valence-electron chi connectivity index (χ1n) is 5.28. The van der Waals surface area contributed by atoms with E-state index >= 15 is 0 Å². The molecule has 0 aliphatic carbocycles. The van der Waals surface area contributed by atoms with Crippen LogP contribution in [0.3, 0.4) is 0 Å². The second-order valence-corrected chi connectivity index (χ2v) is 5.08. The van der Waals surface area contributed by atoms with E-state index in [9.17, 15) is 0 Å². The Labute approximate surface area is 109 Å². The number of rotatable bonds is 4. The van der Waals surface area contributed by atoms with E-state index in [0.717, 1.165) is 17.9 Å². The third kappa shape index (κ3) is 3.27. The molecule has 1 aromatic carbocycles. The van der Waals surface area contributed by atoms with Gasteiger partial charge >= 0.3 is 0 Å². The molecule has 1 aromatic heterocycles. The first-order valence-corrected chi connectivity index (χ1v) is 6.36. The Morgan fingerprint density at radius 2 is 2.00 bits per heavy atom. The number of hydrogen-bond acceptors (Lipinski definition) is 2. The van der Waals surface area contributed by atoms with Crippen molar-refractivity contribution in [3.8, 4) is 0 Å². The van der Waals surface area contributed by atoms with Crippen LogP contribution in [0.25, 0.3) is 0 Å². The van der Waals surface area contributed by atoms with Crippen molar-refractivity contribution in [1.82, 2.24) is 0 Å². The normalized spacial score (nSPS) is 12.4. The average molecular weight is 327 g/mol. The quantitative estimate of drug-likeness (QED) is 0.861. The highest BCUT2D eigenvalue weighted by Crippen LogP contribution is 2.14. The summed E-state index contributed by atoms with van der Waals surface area (Å²) >= 11 is 2.31. The fourth-order valence-corrected chi connectivity index (χ4v) is 1.97. The molecule has 1 atom stereocenters. The van der Waals surface area contributed by atoms with Crippen LogP contribution in [-0.4, -0.2) is 6.04 Å². The van der Waals surface area contributed by atoms with Gasteiger partial charge in [-0.1, -0.05) is 0 Å². The molecule has 1 heterocycles. The van der Waals surface area contributed by atoms with Gasteiger partial charge in [-0.15, -0.1) is 0 Å². The Kier molecular flexibility index (Phi) is 3.88. The molecular formula is C13H14INO. The summed E-state index contributed by atoms with van der Waals surface area (Å²) < 4.78 is 6.57. The first-order chi connectivity index (χ1) is 7.74. The second-order valence-electron chi connectivity index (χ2n) is 3.84. The smallest absolute Gasteiger partial charge is 0.105 e. The van der Waals surface area contributed by atoms with Crippen LogP contribution in [0, 0.1) is 3.57 Å². The third-order valence-electron chi connectivity index (χ3n) is 2.34. The molecule has 0 amide bonds. The average Bonchev–Trinajstić information content (AvgIpc) is 2.74. The van der Waals surface area contributed by atoms with Gasteiger partial charge in [-0.05, 0) is 65.9 Å². The van der Waals surface area contributed by atoms with Crippen LogP contribution in [0.2, 0.25) is 0 Å². The topological polar surface area (TPSA) is 25.2 Å². The standard InChI is InChI=1S/C13H14INO/c1-10(9-13-3-2-8-16-13)15-12-6-4-11(14)5-7-12/h2-8,10,15H,9H2,1H3. The molecule has 3 heteroatoms. The summed E-state index contributed by atoms with van der Waals surface area (Å²) in [6.45, 7) is 2.15. The van der Waals surface area contributed by atoms with E-state index in [0.29, 0.717) is 6.04 Å². The predicted molar refractivity (Wildman–Crippen MR) is 74.7 cm³/mol. The Bertz CT molecular complexity index is 422. The van der Waals surface area contributed by atoms with E-state index in [1.807, 2.05) is 12.1 Å². The van der Waals surface area contributed by atoms with Crippen LogP contribution >= 0.6 is 22.6 Å². The van der Waals surface area contributed by atoms with Gasteiger partial charge in [0.1, 0.15) is 5.76 Å². The summed E-state index contributed by atoms with van der Waals surface area (Å²) in [5.41, 5.74) is 1.15. The fourth-order valence-electron chi connectivity index (χ4n) is 1.61. The summed E-state index contributed by atoms with van der Waals surface area (Å²) in [7, 11) is 0. The van der Waals surface area contributed by atoms with Gasteiger partial charge in [0, 0.05) is 21.7 Å². The molecule has 1 N–H and O–H groups in total. The Morgan fingerprint density at radius 1 is 1.25 bits per heavy atom. The number of benzene rings is 1. The molecule has 0 aliphatic heterocycles. The van der Waals surface area contributed by atoms with E-state index in [2.05, 4.69) is 59.1 Å². The molecule has 0 bridgehead atoms. The third-order valence-corrected chi connectivity index (χ3v) is 3.06. The maximum Gasteiger partial charge on any atom is 0.105 e. The zero-order valence-corrected chi connectivity index (χ0v) is 11.3. The minimum absolute atomic E-state index is 0.367. The van der Waals surface area contributed by atoms with Crippen LogP contribution in [0.15, 0.2) is 47.1 Å². The molecule has 2 aromatic rings. The summed E-state index contributed by atoms with van der Waals surface area (Å²) in [6.07, 6.45) is 2.62. The second kappa shape index (κ2) is 5.39. The Hall–Kier alpha value is -0.970. The van der Waals surface area contributed by atoms with Gasteiger partial charge in [-0.3, -0.25) is 0 Å². The molecule has 0 aliphatic rings. The summed E-state index contributed by atoms with van der Waals surface area (Å²) in [6, 6.07) is 12.7. The van der Waals surface area contributed by atoms with Gasteiger partial charge in [0.2, 0.25) is 0 Å². The predicted octanol–water partition coefficient (Wildman–Crippen LogP) is 3.93. The van der Waals surface area contributed by atoms with E-state index in [1.54, 1.807) is 6.26 Å². The molecule has 84 valence electrons. The van der Waals surface area contributed by atoms with Gasteiger partial charge in [0.25, 0.3) is 0 Å². The van der Waals surface area contributed by atoms with Crippen molar-refractivity contribution in [3.63, 3.8) is 0 Å². The molecule has 1 unspecified atom stereocenters. The van der Waals surface area contributed by atoms with Crippen molar-refractivity contribution < 1.29 is 4.42 Å². The van der Waals surface area contributed by atoms with Crippen molar-refractivity contribution in [2.75, 3.05) is 5.32 Å². The zero-order valence-electron chi connectivity index (χ0n) is 9.11. The maximum absolute atomic E-state index is 5.32. The van der Waals surface area contributed by atoms with Crippen LogP contribution in [0.4, 0.5) is 5.69 Å². The lowest BCUT2D eigenvalue weighted by atomic mass is 10.2. The lowest BCUT2D eigenvalue weighted by Crippen LogP contribution is -2.17. The Morgan fingerprint density at radius 3 is 2.62 bits per heavy atom. The van der Waals surface area contributed by atoms with Crippen molar-refractivity contribution in [2.45, 2.75) is 19.4 Å². The monoisotopic (exact) mass is 327 g/mol. The molecule has 0 saturated heterocycles. The van der Waals surface area contributed by atoms with Crippen LogP contribution in [-0.2, 0) is 6.42 Å². The van der Waals surface area contributed by atoms with E-state index in [4.69, 9.17) is 4.42 Å². The summed E-state index contributed by atoms with van der Waals surface area (Å²) in [4.78, 5) is 0. The van der Waals surface area contributed by atoms with Crippen molar-refractivity contribution in [2.24, 2.45) is 0 Å². The van der Waals surface area contributed by atoms with Gasteiger partial charge in [0.05, 0.1) is 6.26 Å². The van der Waals surface area contributed by atoms with Crippen LogP contribution < -0.4 is 5.32 Å². The van der Waals surface area contributed by atoms with Gasteiger partial charge < -0.3 is 9.73 Å². The van der Waals surface area contributed by atoms with E-state index in [1.165, 1.54) is 3.57 Å². The number of hydrogen-bond donors (Lipinski definition) is 1. The highest BCUT2D eigenvalue weighted by atomic mass is 127. The molecule has 0 saturated carbocycles. The molecule has 2 rings (SSSR count). The van der Waals surface area contributed by atoms with Gasteiger partial charge in [-0.25, -0.2) is 0 Å². The highest BCUT2D eigenvalue weighted by molar-refractivity contribution is 14.1. The fraction of sp³-hybridized carbons (Fsp3) is 0.231. The lowest BCUT2D eigenvalue weighted by molar-refractivity contribution is 0.498. The lowest BCUT2D eigenvalue weighted by Gasteiger charge is -2.13.